The maximum atomic E-state index is 10.5. The van der Waals surface area contributed by atoms with Crippen LogP contribution in [0.5, 0.6) is 0 Å². The predicted octanol–water partition coefficient (Wildman–Crippen LogP) is 1.43. The van der Waals surface area contributed by atoms with Crippen LogP contribution in [0.3, 0.4) is 0 Å². The largest absolute Gasteiger partial charge is 0.364 e. The van der Waals surface area contributed by atoms with Gasteiger partial charge in [0.1, 0.15) is 0 Å². The van der Waals surface area contributed by atoms with Crippen LogP contribution in [0.1, 0.15) is 0 Å². The van der Waals surface area contributed by atoms with Crippen LogP contribution in [0.15, 0.2) is 24.3 Å². The molecule has 0 aliphatic heterocycles. The highest BCUT2D eigenvalue weighted by Gasteiger charge is 2.05. The van der Waals surface area contributed by atoms with Gasteiger partial charge in [0.2, 0.25) is 11.4 Å². The Labute approximate surface area is 79.8 Å². The van der Waals surface area contributed by atoms with E-state index in [4.69, 9.17) is 0 Å². The summed E-state index contributed by atoms with van der Waals surface area (Å²) in [5.74, 6) is 0. The molecule has 0 heterocycles. The van der Waals surface area contributed by atoms with Crippen molar-refractivity contribution in [1.82, 2.24) is 0 Å². The minimum Gasteiger partial charge on any atom is -0.364 e. The van der Waals surface area contributed by atoms with E-state index in [9.17, 15) is 9.81 Å². The van der Waals surface area contributed by atoms with E-state index in [0.29, 0.717) is 19.7 Å². The second-order valence-electron chi connectivity index (χ2n) is 2.03. The second kappa shape index (κ2) is 3.51. The van der Waals surface area contributed by atoms with Gasteiger partial charge in [-0.1, -0.05) is 8.33 Å². The summed E-state index contributed by atoms with van der Waals surface area (Å²) in [6.07, 6.45) is 0. The highest BCUT2D eigenvalue weighted by molar-refractivity contribution is 7.51. The highest BCUT2D eigenvalue weighted by Crippen LogP contribution is 2.16. The SMILES string of the molecule is O=[N+]([S-])c1ccc([N+](=O)[S-])cc1. The Bertz CT molecular complexity index is 290. The van der Waals surface area contributed by atoms with Crippen LogP contribution in [0.2, 0.25) is 0 Å². The predicted molar refractivity (Wildman–Crippen MR) is 47.7 cm³/mol. The summed E-state index contributed by atoms with van der Waals surface area (Å²) in [5.41, 5.74) is 0.621. The maximum Gasteiger partial charge on any atom is 0.238 e. The van der Waals surface area contributed by atoms with Crippen molar-refractivity contribution >= 4 is 37.0 Å². The third-order valence-corrected chi connectivity index (χ3v) is 1.69. The third kappa shape index (κ3) is 1.93. The zero-order chi connectivity index (χ0) is 9.14. The monoisotopic (exact) mass is 200 g/mol. The number of hydrogen-bond acceptors (Lipinski definition) is 4. The van der Waals surface area contributed by atoms with Crippen LogP contribution >= 0.6 is 0 Å². The first-order chi connectivity index (χ1) is 5.61. The van der Waals surface area contributed by atoms with Crippen molar-refractivity contribution in [1.29, 1.82) is 0 Å². The van der Waals surface area contributed by atoms with Crippen molar-refractivity contribution in [3.05, 3.63) is 34.1 Å². The normalized spacial score (nSPS) is 9.33. The van der Waals surface area contributed by atoms with Gasteiger partial charge in [0, 0.05) is 34.1 Å². The van der Waals surface area contributed by atoms with Crippen molar-refractivity contribution in [2.24, 2.45) is 0 Å². The van der Waals surface area contributed by atoms with Gasteiger partial charge in [-0.15, -0.1) is 0 Å². The van der Waals surface area contributed by atoms with Gasteiger partial charge >= 0.3 is 0 Å². The molecule has 0 spiro atoms. The molecule has 0 radical (unpaired) electrons. The minimum atomic E-state index is 0.294. The van der Waals surface area contributed by atoms with Gasteiger partial charge in [0.15, 0.2) is 0 Å². The van der Waals surface area contributed by atoms with Gasteiger partial charge in [-0.3, -0.25) is 0 Å². The molecule has 12 heavy (non-hydrogen) atoms. The lowest BCUT2D eigenvalue weighted by atomic mass is 10.3. The lowest BCUT2D eigenvalue weighted by molar-refractivity contribution is -0.267. The van der Waals surface area contributed by atoms with Crippen LogP contribution in [-0.4, -0.2) is 8.33 Å². The molecule has 62 valence electrons. The van der Waals surface area contributed by atoms with Crippen molar-refractivity contribution in [3.8, 4) is 0 Å². The Morgan fingerprint density at radius 1 is 0.833 bits per heavy atom. The molecule has 4 nitrogen and oxygen atoms in total. The first-order valence-corrected chi connectivity index (χ1v) is 3.73. The Morgan fingerprint density at radius 3 is 1.25 bits per heavy atom. The maximum absolute atomic E-state index is 10.5. The van der Waals surface area contributed by atoms with E-state index in [1.807, 2.05) is 0 Å². The summed E-state index contributed by atoms with van der Waals surface area (Å²) in [6, 6.07) is 5.75. The molecule has 0 saturated heterocycles. The molecule has 0 aliphatic rings. The van der Waals surface area contributed by atoms with Gasteiger partial charge in [-0.2, -0.15) is 0 Å². The van der Waals surface area contributed by atoms with Crippen LogP contribution in [-0.2, 0) is 25.6 Å². The lowest BCUT2D eigenvalue weighted by Gasteiger charge is -1.94. The van der Waals surface area contributed by atoms with Crippen molar-refractivity contribution < 1.29 is 8.33 Å². The van der Waals surface area contributed by atoms with Crippen molar-refractivity contribution in [2.45, 2.75) is 0 Å². The molecule has 0 N–H and O–H groups in total. The number of hydrogen-bond donors (Lipinski definition) is 0. The number of rotatable bonds is 2. The molecule has 0 unspecified atom stereocenters. The fraction of sp³-hybridized carbons (Fsp3) is 0. The van der Waals surface area contributed by atoms with E-state index in [1.54, 1.807) is 0 Å². The molecule has 0 aromatic heterocycles. The number of nitrogens with zero attached hydrogens (tertiary/aromatic N) is 2. The molecule has 0 bridgehead atoms. The quantitative estimate of drug-likeness (QED) is 0.535. The number of benzene rings is 1. The van der Waals surface area contributed by atoms with Gasteiger partial charge in [0.25, 0.3) is 0 Å². The first-order valence-electron chi connectivity index (χ1n) is 3.00. The molecule has 1 rings (SSSR count). The van der Waals surface area contributed by atoms with E-state index in [-0.39, 0.29) is 0 Å². The van der Waals surface area contributed by atoms with E-state index in [1.165, 1.54) is 24.3 Å². The van der Waals surface area contributed by atoms with Crippen molar-refractivity contribution in [3.63, 3.8) is 0 Å². The molecule has 0 amide bonds. The first kappa shape index (κ1) is 8.95. The topological polar surface area (TPSA) is 40.2 Å². The van der Waals surface area contributed by atoms with Crippen molar-refractivity contribution in [2.75, 3.05) is 0 Å². The Balaban J connectivity index is 3.01. The fourth-order valence-electron chi connectivity index (χ4n) is 0.696. The second-order valence-corrected chi connectivity index (χ2v) is 2.69. The fourth-order valence-corrected chi connectivity index (χ4v) is 0.939. The molecular weight excluding hydrogens is 196 g/mol. The van der Waals surface area contributed by atoms with Gasteiger partial charge in [0.05, 0.1) is 0 Å². The molecular formula is C6H4N2O2S2. The molecule has 0 atom stereocenters. The number of nitroso groups, excluding NO2 is 2. The molecule has 1 aromatic carbocycles. The standard InChI is InChI=1S/C6H4N2O2S2/c9-7(11)5-1-2-6(4-3-5)8(10)12/h1-4H. The van der Waals surface area contributed by atoms with E-state index < -0.39 is 0 Å². The molecule has 1 aromatic rings. The summed E-state index contributed by atoms with van der Waals surface area (Å²) in [6.45, 7) is 0. The average Bonchev–Trinajstić information content (AvgIpc) is 2.04. The molecule has 0 aliphatic carbocycles. The zero-order valence-electron chi connectivity index (χ0n) is 5.84. The summed E-state index contributed by atoms with van der Waals surface area (Å²) < 4.78 is 0.588. The Hall–Kier alpha value is -1.14. The van der Waals surface area contributed by atoms with E-state index in [2.05, 4.69) is 25.6 Å². The van der Waals surface area contributed by atoms with Gasteiger partial charge in [-0.25, -0.2) is 0 Å². The molecule has 6 heteroatoms. The van der Waals surface area contributed by atoms with E-state index >= 15 is 0 Å². The zero-order valence-corrected chi connectivity index (χ0v) is 7.47. The average molecular weight is 200 g/mol. The smallest absolute Gasteiger partial charge is 0.238 e. The van der Waals surface area contributed by atoms with Crippen LogP contribution in [0.25, 0.3) is 0 Å². The Morgan fingerprint density at radius 2 is 1.08 bits per heavy atom. The third-order valence-electron chi connectivity index (χ3n) is 1.27. The van der Waals surface area contributed by atoms with Gasteiger partial charge < -0.3 is 25.6 Å². The van der Waals surface area contributed by atoms with Crippen LogP contribution in [0.4, 0.5) is 11.4 Å². The Kier molecular flexibility index (Phi) is 2.61. The summed E-state index contributed by atoms with van der Waals surface area (Å²) in [7, 11) is 0. The van der Waals surface area contributed by atoms with Crippen LogP contribution < -0.4 is 0 Å². The lowest BCUT2D eigenvalue weighted by Crippen LogP contribution is -1.90. The molecule has 0 fully saturated rings. The summed E-state index contributed by atoms with van der Waals surface area (Å²) in [5, 5.41) is 0. The van der Waals surface area contributed by atoms with E-state index in [0.717, 1.165) is 0 Å². The molecule has 0 saturated carbocycles. The summed E-state index contributed by atoms with van der Waals surface area (Å²) >= 11 is 8.63. The highest BCUT2D eigenvalue weighted by atomic mass is 32.1. The van der Waals surface area contributed by atoms with Gasteiger partial charge in [-0.05, 0) is 0 Å². The summed E-state index contributed by atoms with van der Waals surface area (Å²) in [4.78, 5) is 21.1. The minimum absolute atomic E-state index is 0.294. The van der Waals surface area contributed by atoms with Crippen LogP contribution in [0, 0.1) is 9.81 Å².